The van der Waals surface area contributed by atoms with Crippen molar-refractivity contribution < 1.29 is 18.8 Å². The van der Waals surface area contributed by atoms with Gasteiger partial charge in [0.2, 0.25) is 6.33 Å². The van der Waals surface area contributed by atoms with E-state index in [1.54, 1.807) is 7.11 Å². The van der Waals surface area contributed by atoms with Crippen LogP contribution in [0.3, 0.4) is 0 Å². The van der Waals surface area contributed by atoms with Crippen LogP contribution in [0.1, 0.15) is 0 Å². The molecule has 1 aromatic rings. The first-order valence-corrected chi connectivity index (χ1v) is 5.48. The molecule has 0 aliphatic heterocycles. The normalized spacial score (nSPS) is 10.9. The molecule has 5 nitrogen and oxygen atoms in total. The van der Waals surface area contributed by atoms with Gasteiger partial charge in [-0.2, -0.15) is 0 Å². The lowest BCUT2D eigenvalue weighted by Gasteiger charge is -2.04. The molecular weight excluding hydrogens is 208 g/mol. The van der Waals surface area contributed by atoms with E-state index < -0.39 is 0 Å². The molecule has 0 bridgehead atoms. The Morgan fingerprint density at radius 2 is 1.75 bits per heavy atom. The molecule has 0 fully saturated rings. The van der Waals surface area contributed by atoms with Crippen molar-refractivity contribution in [3.05, 3.63) is 18.7 Å². The Morgan fingerprint density at radius 3 is 2.38 bits per heavy atom. The number of rotatable bonds is 9. The number of methoxy groups -OCH3 is 1. The van der Waals surface area contributed by atoms with E-state index in [2.05, 4.69) is 4.57 Å². The highest BCUT2D eigenvalue weighted by Gasteiger charge is 1.98. The minimum atomic E-state index is 0.628. The zero-order valence-corrected chi connectivity index (χ0v) is 10.1. The van der Waals surface area contributed by atoms with Gasteiger partial charge in [0.05, 0.1) is 40.1 Å². The van der Waals surface area contributed by atoms with Crippen LogP contribution in [0.4, 0.5) is 0 Å². The predicted octanol–water partition coefficient (Wildman–Crippen LogP) is -0.00780. The van der Waals surface area contributed by atoms with Crippen molar-refractivity contribution in [2.24, 2.45) is 7.05 Å². The first kappa shape index (κ1) is 13.2. The maximum Gasteiger partial charge on any atom is 0.243 e. The van der Waals surface area contributed by atoms with Gasteiger partial charge in [0.15, 0.2) is 0 Å². The first-order chi connectivity index (χ1) is 7.83. The monoisotopic (exact) mass is 229 g/mol. The van der Waals surface area contributed by atoms with Gasteiger partial charge in [-0.25, -0.2) is 9.13 Å². The first-order valence-electron chi connectivity index (χ1n) is 5.48. The van der Waals surface area contributed by atoms with E-state index in [1.807, 2.05) is 30.3 Å². The molecule has 0 aliphatic carbocycles. The van der Waals surface area contributed by atoms with Crippen LogP contribution in [0.2, 0.25) is 0 Å². The predicted molar refractivity (Wildman–Crippen MR) is 59.1 cm³/mol. The lowest BCUT2D eigenvalue weighted by atomic mass is 10.6. The van der Waals surface area contributed by atoms with E-state index in [1.165, 1.54) is 0 Å². The van der Waals surface area contributed by atoms with Gasteiger partial charge in [0.25, 0.3) is 0 Å². The second kappa shape index (κ2) is 8.27. The Hall–Kier alpha value is -0.910. The Labute approximate surface area is 96.5 Å². The molecule has 0 N–H and O–H groups in total. The molecule has 0 amide bonds. The summed E-state index contributed by atoms with van der Waals surface area (Å²) in [5.41, 5.74) is 0. The second-order valence-electron chi connectivity index (χ2n) is 3.53. The van der Waals surface area contributed by atoms with Gasteiger partial charge in [-0.05, 0) is 0 Å². The lowest BCUT2D eigenvalue weighted by Crippen LogP contribution is -2.24. The van der Waals surface area contributed by atoms with Crippen molar-refractivity contribution >= 4 is 0 Å². The third kappa shape index (κ3) is 5.85. The van der Waals surface area contributed by atoms with Crippen LogP contribution in [-0.2, 0) is 27.8 Å². The van der Waals surface area contributed by atoms with E-state index in [4.69, 9.17) is 14.2 Å². The summed E-state index contributed by atoms with van der Waals surface area (Å²) in [4.78, 5) is 0. The molecule has 0 aromatic carbocycles. The van der Waals surface area contributed by atoms with Gasteiger partial charge in [0.1, 0.15) is 18.9 Å². The molecule has 0 spiro atoms. The number of aryl methyl sites for hydroxylation is 1. The van der Waals surface area contributed by atoms with Crippen molar-refractivity contribution in [2.45, 2.75) is 6.54 Å². The Morgan fingerprint density at radius 1 is 1.06 bits per heavy atom. The Bertz CT molecular complexity index is 276. The molecule has 1 heterocycles. The maximum atomic E-state index is 5.43. The van der Waals surface area contributed by atoms with Gasteiger partial charge in [-0.1, -0.05) is 0 Å². The highest BCUT2D eigenvalue weighted by molar-refractivity contribution is 4.65. The van der Waals surface area contributed by atoms with E-state index in [0.717, 1.165) is 6.54 Å². The van der Waals surface area contributed by atoms with Gasteiger partial charge in [-0.3, -0.25) is 0 Å². The molecule has 5 heteroatoms. The van der Waals surface area contributed by atoms with E-state index in [0.29, 0.717) is 33.0 Å². The van der Waals surface area contributed by atoms with Crippen LogP contribution in [0.25, 0.3) is 0 Å². The SMILES string of the molecule is COCCOCCOCCn1cc[n+](C)c1. The van der Waals surface area contributed by atoms with Gasteiger partial charge >= 0.3 is 0 Å². The van der Waals surface area contributed by atoms with Crippen molar-refractivity contribution in [3.8, 4) is 0 Å². The molecule has 0 aliphatic rings. The van der Waals surface area contributed by atoms with E-state index >= 15 is 0 Å². The van der Waals surface area contributed by atoms with Crippen molar-refractivity contribution in [2.75, 3.05) is 40.1 Å². The summed E-state index contributed by atoms with van der Waals surface area (Å²) in [6.07, 6.45) is 6.06. The molecule has 0 atom stereocenters. The topological polar surface area (TPSA) is 36.5 Å². The van der Waals surface area contributed by atoms with Crippen molar-refractivity contribution in [1.82, 2.24) is 4.57 Å². The van der Waals surface area contributed by atoms with Crippen LogP contribution in [0, 0.1) is 0 Å². The summed E-state index contributed by atoms with van der Waals surface area (Å²) in [6, 6.07) is 0. The average molecular weight is 229 g/mol. The smallest absolute Gasteiger partial charge is 0.243 e. The number of ether oxygens (including phenoxy) is 3. The highest BCUT2D eigenvalue weighted by Crippen LogP contribution is 1.86. The minimum absolute atomic E-state index is 0.628. The summed E-state index contributed by atoms with van der Waals surface area (Å²) >= 11 is 0. The fourth-order valence-corrected chi connectivity index (χ4v) is 1.27. The van der Waals surface area contributed by atoms with Crippen LogP contribution in [-0.4, -0.2) is 44.7 Å². The van der Waals surface area contributed by atoms with Gasteiger partial charge < -0.3 is 14.2 Å². The van der Waals surface area contributed by atoms with Crippen molar-refractivity contribution in [1.29, 1.82) is 0 Å². The zero-order chi connectivity index (χ0) is 11.6. The van der Waals surface area contributed by atoms with E-state index in [9.17, 15) is 0 Å². The standard InChI is InChI=1S/C11H21N2O3/c1-12-3-4-13(11-12)5-6-15-9-10-16-8-7-14-2/h3-4,11H,5-10H2,1-2H3/q+1. The highest BCUT2D eigenvalue weighted by atomic mass is 16.5. The molecule has 0 radical (unpaired) electrons. The number of hydrogen-bond donors (Lipinski definition) is 0. The van der Waals surface area contributed by atoms with Gasteiger partial charge in [0, 0.05) is 7.11 Å². The molecular formula is C11H21N2O3+. The minimum Gasteiger partial charge on any atom is -0.382 e. The average Bonchev–Trinajstić information content (AvgIpc) is 2.68. The quantitative estimate of drug-likeness (QED) is 0.441. The molecule has 1 aromatic heterocycles. The number of aromatic nitrogens is 2. The second-order valence-corrected chi connectivity index (χ2v) is 3.53. The Kier molecular flexibility index (Phi) is 6.80. The van der Waals surface area contributed by atoms with Crippen molar-refractivity contribution in [3.63, 3.8) is 0 Å². The van der Waals surface area contributed by atoms with Crippen LogP contribution < -0.4 is 4.57 Å². The van der Waals surface area contributed by atoms with Crippen LogP contribution in [0.15, 0.2) is 18.7 Å². The van der Waals surface area contributed by atoms with Gasteiger partial charge in [-0.15, -0.1) is 0 Å². The summed E-state index contributed by atoms with van der Waals surface area (Å²) in [7, 11) is 3.66. The molecule has 16 heavy (non-hydrogen) atoms. The van der Waals surface area contributed by atoms with Crippen LogP contribution in [0.5, 0.6) is 0 Å². The summed E-state index contributed by atoms with van der Waals surface area (Å²) in [6.45, 7) is 4.12. The lowest BCUT2D eigenvalue weighted by molar-refractivity contribution is -0.671. The molecule has 1 rings (SSSR count). The number of hydrogen-bond acceptors (Lipinski definition) is 3. The maximum absolute atomic E-state index is 5.43. The summed E-state index contributed by atoms with van der Waals surface area (Å²) in [5.74, 6) is 0. The fourth-order valence-electron chi connectivity index (χ4n) is 1.27. The fraction of sp³-hybridized carbons (Fsp3) is 0.727. The molecule has 92 valence electrons. The number of nitrogens with zero attached hydrogens (tertiary/aromatic N) is 2. The summed E-state index contributed by atoms with van der Waals surface area (Å²) < 4.78 is 19.7. The molecule has 0 saturated carbocycles. The Balaban J connectivity index is 1.88. The summed E-state index contributed by atoms with van der Waals surface area (Å²) in [5, 5.41) is 0. The molecule has 0 unspecified atom stereocenters. The van der Waals surface area contributed by atoms with Crippen LogP contribution >= 0.6 is 0 Å². The zero-order valence-electron chi connectivity index (χ0n) is 10.1. The molecule has 0 saturated heterocycles. The third-order valence-corrected chi connectivity index (χ3v) is 2.12. The number of imidazole rings is 1. The third-order valence-electron chi connectivity index (χ3n) is 2.12. The van der Waals surface area contributed by atoms with E-state index in [-0.39, 0.29) is 0 Å². The largest absolute Gasteiger partial charge is 0.382 e.